The third-order valence-corrected chi connectivity index (χ3v) is 3.87. The molecule has 1 unspecified atom stereocenters. The van der Waals surface area contributed by atoms with Gasteiger partial charge in [0.25, 0.3) is 5.91 Å². The quantitative estimate of drug-likeness (QED) is 0.879. The second-order valence-corrected chi connectivity index (χ2v) is 5.61. The van der Waals surface area contributed by atoms with Gasteiger partial charge in [-0.05, 0) is 37.1 Å². The molecule has 5 nitrogen and oxygen atoms in total. The number of carbonyl (C=O) groups excluding carboxylic acids is 2. The molecule has 1 atom stereocenters. The average Bonchev–Trinajstić information content (AvgIpc) is 2.52. The van der Waals surface area contributed by atoms with Gasteiger partial charge >= 0.3 is 0 Å². The fraction of sp³-hybridized carbons (Fsp3) is 0.467. The van der Waals surface area contributed by atoms with Crippen molar-refractivity contribution >= 4 is 23.4 Å². The standard InChI is InChI=1S/C15H20ClN3O2/c16-13-5-3-11(4-6-13)15(21)19-9-1-2-12(10-19)14(20)18-8-7-17/h3-6,12H,1-2,7-10,17H2,(H,18,20). The zero-order valence-electron chi connectivity index (χ0n) is 11.8. The summed E-state index contributed by atoms with van der Waals surface area (Å²) in [6.45, 7) is 2.03. The zero-order chi connectivity index (χ0) is 15.2. The van der Waals surface area contributed by atoms with E-state index in [0.29, 0.717) is 36.8 Å². The largest absolute Gasteiger partial charge is 0.355 e. The van der Waals surface area contributed by atoms with Gasteiger partial charge in [-0.1, -0.05) is 11.6 Å². The van der Waals surface area contributed by atoms with Gasteiger partial charge in [0.1, 0.15) is 0 Å². The van der Waals surface area contributed by atoms with Crippen LogP contribution < -0.4 is 11.1 Å². The molecule has 21 heavy (non-hydrogen) atoms. The Kier molecular flexibility index (Phi) is 5.59. The number of rotatable bonds is 4. The van der Waals surface area contributed by atoms with Crippen LogP contribution in [0, 0.1) is 5.92 Å². The molecule has 0 spiro atoms. The van der Waals surface area contributed by atoms with Crippen LogP contribution in [0.4, 0.5) is 0 Å². The summed E-state index contributed by atoms with van der Waals surface area (Å²) in [7, 11) is 0. The van der Waals surface area contributed by atoms with E-state index in [1.54, 1.807) is 29.2 Å². The number of amides is 2. The molecule has 1 aromatic carbocycles. The van der Waals surface area contributed by atoms with E-state index < -0.39 is 0 Å². The van der Waals surface area contributed by atoms with Crippen LogP contribution in [0.25, 0.3) is 0 Å². The van der Waals surface area contributed by atoms with Crippen molar-refractivity contribution < 1.29 is 9.59 Å². The lowest BCUT2D eigenvalue weighted by Gasteiger charge is -2.32. The van der Waals surface area contributed by atoms with Gasteiger partial charge in [0.05, 0.1) is 5.92 Å². The molecule has 1 aliphatic heterocycles. The summed E-state index contributed by atoms with van der Waals surface area (Å²) in [5.74, 6) is -0.224. The number of benzene rings is 1. The number of hydrogen-bond acceptors (Lipinski definition) is 3. The lowest BCUT2D eigenvalue weighted by atomic mass is 9.96. The predicted octanol–water partition coefficient (Wildman–Crippen LogP) is 1.27. The molecule has 2 amide bonds. The summed E-state index contributed by atoms with van der Waals surface area (Å²) in [5, 5.41) is 3.39. The highest BCUT2D eigenvalue weighted by Crippen LogP contribution is 2.19. The van der Waals surface area contributed by atoms with Crippen LogP contribution in [0.2, 0.25) is 5.02 Å². The number of halogens is 1. The molecule has 1 fully saturated rings. The van der Waals surface area contributed by atoms with Gasteiger partial charge in [-0.2, -0.15) is 0 Å². The van der Waals surface area contributed by atoms with E-state index in [9.17, 15) is 9.59 Å². The summed E-state index contributed by atoms with van der Waals surface area (Å²) >= 11 is 5.83. The van der Waals surface area contributed by atoms with Gasteiger partial charge in [0, 0.05) is 36.8 Å². The van der Waals surface area contributed by atoms with Gasteiger partial charge in [-0.3, -0.25) is 9.59 Å². The highest BCUT2D eigenvalue weighted by atomic mass is 35.5. The Balaban J connectivity index is 1.98. The number of nitrogens with one attached hydrogen (secondary N) is 1. The topological polar surface area (TPSA) is 75.4 Å². The zero-order valence-corrected chi connectivity index (χ0v) is 12.6. The minimum atomic E-state index is -0.151. The summed E-state index contributed by atoms with van der Waals surface area (Å²) < 4.78 is 0. The second kappa shape index (κ2) is 7.43. The molecule has 0 aromatic heterocycles. The average molecular weight is 310 g/mol. The first-order valence-corrected chi connectivity index (χ1v) is 7.52. The van der Waals surface area contributed by atoms with Gasteiger partial charge in [-0.25, -0.2) is 0 Å². The predicted molar refractivity (Wildman–Crippen MR) is 82.1 cm³/mol. The minimum Gasteiger partial charge on any atom is -0.355 e. The first kappa shape index (κ1) is 15.8. The summed E-state index contributed by atoms with van der Waals surface area (Å²) in [6, 6.07) is 6.82. The lowest BCUT2D eigenvalue weighted by molar-refractivity contribution is -0.126. The third-order valence-electron chi connectivity index (χ3n) is 3.61. The maximum absolute atomic E-state index is 12.4. The summed E-state index contributed by atoms with van der Waals surface area (Å²) in [6.07, 6.45) is 1.64. The minimum absolute atomic E-state index is 0.0194. The molecule has 0 saturated carbocycles. The number of nitrogens with zero attached hydrogens (tertiary/aromatic N) is 1. The Morgan fingerprint density at radius 3 is 2.71 bits per heavy atom. The van der Waals surface area contributed by atoms with Crippen LogP contribution in [0.5, 0.6) is 0 Å². The molecule has 1 aliphatic rings. The maximum Gasteiger partial charge on any atom is 0.253 e. The van der Waals surface area contributed by atoms with Crippen LogP contribution in [-0.4, -0.2) is 42.9 Å². The highest BCUT2D eigenvalue weighted by molar-refractivity contribution is 6.30. The number of carbonyl (C=O) groups is 2. The monoisotopic (exact) mass is 309 g/mol. The van der Waals surface area contributed by atoms with E-state index in [1.165, 1.54) is 0 Å². The Morgan fingerprint density at radius 2 is 2.05 bits per heavy atom. The van der Waals surface area contributed by atoms with E-state index >= 15 is 0 Å². The molecule has 114 valence electrons. The molecule has 1 saturated heterocycles. The molecule has 0 bridgehead atoms. The number of piperidine rings is 1. The first-order valence-electron chi connectivity index (χ1n) is 7.14. The Hall–Kier alpha value is -1.59. The van der Waals surface area contributed by atoms with E-state index in [0.717, 1.165) is 12.8 Å². The van der Waals surface area contributed by atoms with Crippen LogP contribution in [0.1, 0.15) is 23.2 Å². The molecular weight excluding hydrogens is 290 g/mol. The molecule has 0 radical (unpaired) electrons. The van der Waals surface area contributed by atoms with Crippen molar-refractivity contribution in [3.05, 3.63) is 34.9 Å². The Labute approximate surface area is 129 Å². The smallest absolute Gasteiger partial charge is 0.253 e. The summed E-state index contributed by atoms with van der Waals surface area (Å²) in [5.41, 5.74) is 5.98. The van der Waals surface area contributed by atoms with Crippen LogP contribution in [0.15, 0.2) is 24.3 Å². The van der Waals surface area contributed by atoms with Gasteiger partial charge in [0.2, 0.25) is 5.91 Å². The Morgan fingerprint density at radius 1 is 1.33 bits per heavy atom. The number of nitrogens with two attached hydrogens (primary N) is 1. The lowest BCUT2D eigenvalue weighted by Crippen LogP contribution is -2.46. The molecule has 1 aromatic rings. The molecule has 6 heteroatoms. The molecule has 1 heterocycles. The van der Waals surface area contributed by atoms with Crippen molar-refractivity contribution in [2.45, 2.75) is 12.8 Å². The van der Waals surface area contributed by atoms with Crippen LogP contribution in [-0.2, 0) is 4.79 Å². The SMILES string of the molecule is NCCNC(=O)C1CCCN(C(=O)c2ccc(Cl)cc2)C1. The van der Waals surface area contributed by atoms with Gasteiger partial charge in [0.15, 0.2) is 0 Å². The highest BCUT2D eigenvalue weighted by Gasteiger charge is 2.28. The van der Waals surface area contributed by atoms with E-state index in [1.807, 2.05) is 0 Å². The number of likely N-dealkylation sites (tertiary alicyclic amines) is 1. The third kappa shape index (κ3) is 4.19. The van der Waals surface area contributed by atoms with E-state index in [-0.39, 0.29) is 17.7 Å². The Bertz CT molecular complexity index is 504. The van der Waals surface area contributed by atoms with Crippen molar-refractivity contribution in [1.82, 2.24) is 10.2 Å². The second-order valence-electron chi connectivity index (χ2n) is 5.18. The van der Waals surface area contributed by atoms with Gasteiger partial charge < -0.3 is 16.0 Å². The molecule has 2 rings (SSSR count). The molecule has 0 aliphatic carbocycles. The van der Waals surface area contributed by atoms with Crippen LogP contribution >= 0.6 is 11.6 Å². The fourth-order valence-corrected chi connectivity index (χ4v) is 2.62. The first-order chi connectivity index (χ1) is 10.1. The van der Waals surface area contributed by atoms with Crippen molar-refractivity contribution in [2.24, 2.45) is 11.7 Å². The molecular formula is C15H20ClN3O2. The normalized spacial score (nSPS) is 18.4. The van der Waals surface area contributed by atoms with Crippen molar-refractivity contribution in [3.63, 3.8) is 0 Å². The van der Waals surface area contributed by atoms with E-state index in [2.05, 4.69) is 5.32 Å². The maximum atomic E-state index is 12.4. The van der Waals surface area contributed by atoms with E-state index in [4.69, 9.17) is 17.3 Å². The van der Waals surface area contributed by atoms with Crippen molar-refractivity contribution in [1.29, 1.82) is 0 Å². The molecule has 3 N–H and O–H groups in total. The fourth-order valence-electron chi connectivity index (χ4n) is 2.49. The van der Waals surface area contributed by atoms with Crippen molar-refractivity contribution in [2.75, 3.05) is 26.2 Å². The van der Waals surface area contributed by atoms with Crippen LogP contribution in [0.3, 0.4) is 0 Å². The number of hydrogen-bond donors (Lipinski definition) is 2. The van der Waals surface area contributed by atoms with Crippen molar-refractivity contribution in [3.8, 4) is 0 Å². The van der Waals surface area contributed by atoms with Gasteiger partial charge in [-0.15, -0.1) is 0 Å². The summed E-state index contributed by atoms with van der Waals surface area (Å²) in [4.78, 5) is 26.1.